The Kier molecular flexibility index (Phi) is 7.24. The smallest absolute Gasteiger partial charge is 0.275 e. The van der Waals surface area contributed by atoms with Gasteiger partial charge in [0, 0.05) is 18.4 Å². The highest BCUT2D eigenvalue weighted by Gasteiger charge is 2.58. The number of halogens is 2. The average Bonchev–Trinajstić information content (AvgIpc) is 3.51. The number of hydrogen-bond acceptors (Lipinski definition) is 8. The fourth-order valence-electron chi connectivity index (χ4n) is 3.43. The maximum absolute atomic E-state index is 15.0. The molecule has 1 aromatic heterocycles. The SMILES string of the molecule is C#CCOc1cnc(C(=O)N/C(C)=C/C(F)=C(/F)C(=C)[C@@]2(C)N=C(N)S[C@@]3(COC)C=C23)cn1. The first-order valence-electron chi connectivity index (χ1n) is 9.96. The van der Waals surface area contributed by atoms with E-state index in [4.69, 9.17) is 21.6 Å². The Morgan fingerprint density at radius 3 is 2.76 bits per heavy atom. The van der Waals surface area contributed by atoms with Crippen molar-refractivity contribution in [2.75, 3.05) is 20.3 Å². The molecule has 1 aliphatic heterocycles. The molecule has 1 aromatic rings. The Labute approximate surface area is 200 Å². The van der Waals surface area contributed by atoms with Gasteiger partial charge in [0.05, 0.1) is 23.7 Å². The third kappa shape index (κ3) is 5.03. The Morgan fingerprint density at radius 1 is 1.41 bits per heavy atom. The van der Waals surface area contributed by atoms with E-state index in [1.165, 1.54) is 31.1 Å². The van der Waals surface area contributed by atoms with Crippen molar-refractivity contribution in [3.05, 3.63) is 65.3 Å². The lowest BCUT2D eigenvalue weighted by Gasteiger charge is -2.34. The molecule has 11 heteroatoms. The summed E-state index contributed by atoms with van der Waals surface area (Å²) < 4.78 is 39.6. The highest BCUT2D eigenvalue weighted by atomic mass is 32.2. The molecule has 0 radical (unpaired) electrons. The molecule has 3 rings (SSSR count). The Balaban J connectivity index is 1.73. The quantitative estimate of drug-likeness (QED) is 0.313. The molecule has 3 N–H and O–H groups in total. The van der Waals surface area contributed by atoms with Crippen LogP contribution in [0, 0.1) is 12.3 Å². The molecule has 0 saturated carbocycles. The highest BCUT2D eigenvalue weighted by molar-refractivity contribution is 8.15. The average molecular weight is 488 g/mol. The number of hydrogen-bond donors (Lipinski definition) is 2. The third-order valence-corrected chi connectivity index (χ3v) is 6.25. The van der Waals surface area contributed by atoms with Crippen molar-refractivity contribution < 1.29 is 23.0 Å². The van der Waals surface area contributed by atoms with Gasteiger partial charge in [0.25, 0.3) is 5.91 Å². The number of amides is 1. The van der Waals surface area contributed by atoms with Crippen molar-refractivity contribution in [2.45, 2.75) is 24.1 Å². The second-order valence-electron chi connectivity index (χ2n) is 7.66. The molecule has 0 saturated heterocycles. The maximum atomic E-state index is 15.0. The first kappa shape index (κ1) is 25.1. The molecule has 2 aliphatic rings. The van der Waals surface area contributed by atoms with Crippen LogP contribution in [0.4, 0.5) is 8.78 Å². The summed E-state index contributed by atoms with van der Waals surface area (Å²) in [6, 6.07) is 0. The van der Waals surface area contributed by atoms with Crippen molar-refractivity contribution in [1.29, 1.82) is 0 Å². The number of nitrogens with zero attached hydrogens (tertiary/aromatic N) is 3. The largest absolute Gasteiger partial charge is 0.463 e. The maximum Gasteiger partial charge on any atom is 0.275 e. The summed E-state index contributed by atoms with van der Waals surface area (Å²) in [7, 11) is 1.54. The van der Waals surface area contributed by atoms with Gasteiger partial charge in [0.1, 0.15) is 11.2 Å². The van der Waals surface area contributed by atoms with Crippen LogP contribution in [-0.4, -0.2) is 51.7 Å². The zero-order valence-corrected chi connectivity index (χ0v) is 19.6. The molecule has 0 unspecified atom stereocenters. The fourth-order valence-corrected chi connectivity index (χ4v) is 4.70. The first-order valence-corrected chi connectivity index (χ1v) is 10.8. The number of terminal acetylenes is 1. The fraction of sp³-hybridized carbons (Fsp3) is 0.304. The van der Waals surface area contributed by atoms with E-state index in [0.717, 1.165) is 11.6 Å². The number of ether oxygens (including phenoxy) is 2. The number of allylic oxidation sites excluding steroid dienone is 3. The Hall–Kier alpha value is -3.49. The van der Waals surface area contributed by atoms with Crippen LogP contribution in [0.2, 0.25) is 0 Å². The normalized spacial score (nSPS) is 24.1. The van der Waals surface area contributed by atoms with Gasteiger partial charge in [-0.2, -0.15) is 0 Å². The van der Waals surface area contributed by atoms with Crippen LogP contribution in [0.1, 0.15) is 24.3 Å². The van der Waals surface area contributed by atoms with E-state index in [9.17, 15) is 9.18 Å². The van der Waals surface area contributed by atoms with E-state index >= 15 is 4.39 Å². The van der Waals surface area contributed by atoms with Gasteiger partial charge in [-0.25, -0.2) is 23.7 Å². The zero-order chi connectivity index (χ0) is 25.1. The standard InChI is InChI=1S/C23H23F2N5O3S/c1-6-7-33-18-11-27-16(10-28-18)20(31)29-13(2)8-15(24)19(25)14(3)22(4)17-9-23(17,12-32-5)34-21(26)30-22/h1,8-11H,3,7,12H2,2,4-5H3,(H2,26,30)(H,29,31)/b13-8+,19-15-/t22-,23-/m1/s1. The zero-order valence-electron chi connectivity index (χ0n) is 18.8. The summed E-state index contributed by atoms with van der Waals surface area (Å²) >= 11 is 1.30. The molecule has 34 heavy (non-hydrogen) atoms. The van der Waals surface area contributed by atoms with Crippen LogP contribution >= 0.6 is 11.8 Å². The van der Waals surface area contributed by atoms with E-state index in [1.807, 2.05) is 6.08 Å². The van der Waals surface area contributed by atoms with Crippen molar-refractivity contribution in [2.24, 2.45) is 10.7 Å². The predicted octanol–water partition coefficient (Wildman–Crippen LogP) is 2.97. The predicted molar refractivity (Wildman–Crippen MR) is 126 cm³/mol. The van der Waals surface area contributed by atoms with E-state index in [1.54, 1.807) is 14.0 Å². The minimum atomic E-state index is -1.25. The number of thioether (sulfide) groups is 1. The number of aliphatic imine (C=N–C) groups is 1. The van der Waals surface area contributed by atoms with Crippen LogP contribution in [0.3, 0.4) is 0 Å². The summed E-state index contributed by atoms with van der Waals surface area (Å²) in [5, 5.41) is 2.64. The van der Waals surface area contributed by atoms with Gasteiger partial charge in [-0.15, -0.1) is 6.42 Å². The second kappa shape index (κ2) is 9.79. The number of rotatable bonds is 9. The first-order chi connectivity index (χ1) is 16.1. The van der Waals surface area contributed by atoms with E-state index < -0.39 is 27.8 Å². The molecule has 0 spiro atoms. The van der Waals surface area contributed by atoms with Crippen LogP contribution < -0.4 is 15.8 Å². The van der Waals surface area contributed by atoms with Gasteiger partial charge in [-0.3, -0.25) is 4.79 Å². The van der Waals surface area contributed by atoms with Crippen LogP contribution in [0.25, 0.3) is 0 Å². The van der Waals surface area contributed by atoms with Gasteiger partial charge in [0.15, 0.2) is 23.4 Å². The lowest BCUT2D eigenvalue weighted by Crippen LogP contribution is -2.39. The number of nitrogens with one attached hydrogen (secondary N) is 1. The number of aromatic nitrogens is 2. The minimum Gasteiger partial charge on any atom is -0.463 e. The lowest BCUT2D eigenvalue weighted by molar-refractivity contribution is 0.0960. The highest BCUT2D eigenvalue weighted by Crippen LogP contribution is 2.59. The Bertz CT molecular complexity index is 1190. The molecule has 1 aliphatic carbocycles. The van der Waals surface area contributed by atoms with Crippen LogP contribution in [0.15, 0.2) is 64.6 Å². The number of carbonyl (C=O) groups is 1. The molecule has 2 heterocycles. The van der Waals surface area contributed by atoms with Crippen molar-refractivity contribution in [3.63, 3.8) is 0 Å². The molecule has 0 bridgehead atoms. The van der Waals surface area contributed by atoms with E-state index in [-0.39, 0.29) is 34.6 Å². The van der Waals surface area contributed by atoms with Gasteiger partial charge in [-0.05, 0) is 25.5 Å². The molecular weight excluding hydrogens is 464 g/mol. The van der Waals surface area contributed by atoms with E-state index in [2.05, 4.69) is 32.8 Å². The third-order valence-electron chi connectivity index (χ3n) is 5.13. The van der Waals surface area contributed by atoms with E-state index in [0.29, 0.717) is 6.61 Å². The number of methoxy groups -OCH3 is 1. The molecule has 0 fully saturated rings. The summed E-state index contributed by atoms with van der Waals surface area (Å²) in [5.74, 6) is -0.669. The monoisotopic (exact) mass is 487 g/mol. The molecule has 178 valence electrons. The summed E-state index contributed by atoms with van der Waals surface area (Å²) in [6.45, 7) is 7.08. The number of nitrogens with two attached hydrogens (primary N) is 1. The van der Waals surface area contributed by atoms with Crippen molar-refractivity contribution in [3.8, 4) is 18.2 Å². The molecule has 1 amide bonds. The molecule has 0 aromatic carbocycles. The summed E-state index contributed by atoms with van der Waals surface area (Å²) in [6.07, 6.45) is 10.2. The minimum absolute atomic E-state index is 0.00493. The lowest BCUT2D eigenvalue weighted by atomic mass is 9.87. The van der Waals surface area contributed by atoms with Gasteiger partial charge in [-0.1, -0.05) is 30.3 Å². The topological polar surface area (TPSA) is 112 Å². The van der Waals surface area contributed by atoms with Gasteiger partial charge in [0.2, 0.25) is 5.88 Å². The van der Waals surface area contributed by atoms with Crippen LogP contribution in [0.5, 0.6) is 5.88 Å². The summed E-state index contributed by atoms with van der Waals surface area (Å²) in [5.41, 5.74) is 5.23. The number of amidine groups is 1. The summed E-state index contributed by atoms with van der Waals surface area (Å²) in [4.78, 5) is 24.4. The van der Waals surface area contributed by atoms with Crippen molar-refractivity contribution in [1.82, 2.24) is 15.3 Å². The number of fused-ring (bicyclic) bond motifs is 1. The second-order valence-corrected chi connectivity index (χ2v) is 9.01. The van der Waals surface area contributed by atoms with Gasteiger partial charge < -0.3 is 20.5 Å². The molecular formula is C23H23F2N5O3S. The number of carbonyl (C=O) groups excluding carboxylic acids is 1. The van der Waals surface area contributed by atoms with Crippen molar-refractivity contribution >= 4 is 22.8 Å². The van der Waals surface area contributed by atoms with Gasteiger partial charge >= 0.3 is 0 Å². The van der Waals surface area contributed by atoms with Crippen LogP contribution in [-0.2, 0) is 4.74 Å². The molecule has 2 atom stereocenters. The Morgan fingerprint density at radius 2 is 2.15 bits per heavy atom. The molecule has 8 nitrogen and oxygen atoms in total.